The minimum absolute atomic E-state index is 0.268. The lowest BCUT2D eigenvalue weighted by Gasteiger charge is -2.20. The number of rotatable bonds is 1. The van der Waals surface area contributed by atoms with Crippen LogP contribution in [0.2, 0.25) is 0 Å². The molecule has 10 heavy (non-hydrogen) atoms. The molecule has 0 saturated carbocycles. The van der Waals surface area contributed by atoms with Gasteiger partial charge in [-0.15, -0.1) is 0 Å². The lowest BCUT2D eigenvalue weighted by Crippen LogP contribution is -2.27. The normalized spacial score (nSPS) is 14.5. The highest BCUT2D eigenvalue weighted by atomic mass is 32.1. The average Bonchev–Trinajstić information content (AvgIpc) is 1.60. The van der Waals surface area contributed by atoms with Crippen LogP contribution < -0.4 is 0 Å². The highest BCUT2D eigenvalue weighted by Crippen LogP contribution is 2.09. The summed E-state index contributed by atoms with van der Waals surface area (Å²) in [6.07, 6.45) is 0. The molecule has 0 aliphatic carbocycles. The number of hydrogen-bond acceptors (Lipinski definition) is 3. The smallest absolute Gasteiger partial charge is 0.319 e. The molecule has 1 atom stereocenters. The Morgan fingerprint density at radius 2 is 1.90 bits per heavy atom. The summed E-state index contributed by atoms with van der Waals surface area (Å²) >= 11 is 3.93. The molecule has 0 heterocycles. The van der Waals surface area contributed by atoms with Crippen LogP contribution in [0.3, 0.4) is 0 Å². The largest absolute Gasteiger partial charge is 0.459 e. The van der Waals surface area contributed by atoms with E-state index in [-0.39, 0.29) is 11.2 Å². The molecule has 0 aliphatic rings. The summed E-state index contributed by atoms with van der Waals surface area (Å²) in [5.74, 6) is -0.268. The zero-order chi connectivity index (χ0) is 8.36. The number of hydrogen-bond donors (Lipinski definition) is 1. The van der Waals surface area contributed by atoms with Gasteiger partial charge in [-0.05, 0) is 27.7 Å². The standard InChI is InChI=1S/C7H14O2S/c1-5(10)6(8)9-7(2,3)4/h5,10H,1-4H3. The minimum atomic E-state index is -0.395. The van der Waals surface area contributed by atoms with Gasteiger partial charge in [0, 0.05) is 0 Å². The van der Waals surface area contributed by atoms with Crippen LogP contribution in [-0.2, 0) is 9.53 Å². The maximum absolute atomic E-state index is 10.9. The molecule has 0 fully saturated rings. The Balaban J connectivity index is 3.81. The van der Waals surface area contributed by atoms with Gasteiger partial charge in [0.05, 0.1) is 5.25 Å². The first-order valence-corrected chi connectivity index (χ1v) is 3.75. The number of esters is 1. The molecule has 60 valence electrons. The lowest BCUT2D eigenvalue weighted by molar-refractivity contribution is -0.153. The molecule has 0 amide bonds. The van der Waals surface area contributed by atoms with Crippen molar-refractivity contribution in [3.05, 3.63) is 0 Å². The van der Waals surface area contributed by atoms with Crippen molar-refractivity contribution in [1.29, 1.82) is 0 Å². The molecule has 0 saturated heterocycles. The van der Waals surface area contributed by atoms with Crippen molar-refractivity contribution in [2.75, 3.05) is 0 Å². The van der Waals surface area contributed by atoms with Crippen molar-refractivity contribution in [1.82, 2.24) is 0 Å². The highest BCUT2D eigenvalue weighted by molar-refractivity contribution is 7.81. The Morgan fingerprint density at radius 3 is 2.00 bits per heavy atom. The number of ether oxygens (including phenoxy) is 1. The maximum Gasteiger partial charge on any atom is 0.319 e. The fraction of sp³-hybridized carbons (Fsp3) is 0.857. The minimum Gasteiger partial charge on any atom is -0.459 e. The van der Waals surface area contributed by atoms with E-state index in [2.05, 4.69) is 12.6 Å². The van der Waals surface area contributed by atoms with E-state index in [0.717, 1.165) is 0 Å². The Hall–Kier alpha value is -0.180. The molecule has 2 nitrogen and oxygen atoms in total. The summed E-state index contributed by atoms with van der Waals surface area (Å²) in [7, 11) is 0. The van der Waals surface area contributed by atoms with Crippen molar-refractivity contribution in [3.63, 3.8) is 0 Å². The highest BCUT2D eigenvalue weighted by Gasteiger charge is 2.18. The molecule has 0 rings (SSSR count). The van der Waals surface area contributed by atoms with Crippen LogP contribution in [0.1, 0.15) is 27.7 Å². The quantitative estimate of drug-likeness (QED) is 0.468. The van der Waals surface area contributed by atoms with Crippen molar-refractivity contribution >= 4 is 18.6 Å². The summed E-state index contributed by atoms with van der Waals surface area (Å²) in [5, 5.41) is -0.334. The van der Waals surface area contributed by atoms with E-state index in [0.29, 0.717) is 0 Å². The molecule has 0 bridgehead atoms. The zero-order valence-electron chi connectivity index (χ0n) is 6.84. The third-order valence-electron chi connectivity index (χ3n) is 0.748. The lowest BCUT2D eigenvalue weighted by atomic mass is 10.2. The molecule has 1 unspecified atom stereocenters. The fourth-order valence-electron chi connectivity index (χ4n) is 0.387. The monoisotopic (exact) mass is 162 g/mol. The first-order chi connectivity index (χ1) is 4.33. The van der Waals surface area contributed by atoms with Gasteiger partial charge in [-0.1, -0.05) is 0 Å². The Morgan fingerprint density at radius 1 is 1.50 bits per heavy atom. The van der Waals surface area contributed by atoms with E-state index in [9.17, 15) is 4.79 Å². The molecule has 0 aliphatic heterocycles. The first kappa shape index (κ1) is 9.82. The van der Waals surface area contributed by atoms with Crippen LogP contribution in [0.15, 0.2) is 0 Å². The van der Waals surface area contributed by atoms with Crippen LogP contribution in [-0.4, -0.2) is 16.8 Å². The van der Waals surface area contributed by atoms with Gasteiger partial charge in [0.15, 0.2) is 0 Å². The number of carbonyl (C=O) groups is 1. The fourth-order valence-corrected chi connectivity index (χ4v) is 0.440. The summed E-state index contributed by atoms with van der Waals surface area (Å²) in [5.41, 5.74) is -0.395. The second-order valence-corrected chi connectivity index (χ2v) is 3.98. The van der Waals surface area contributed by atoms with Crippen LogP contribution in [0.5, 0.6) is 0 Å². The van der Waals surface area contributed by atoms with Crippen molar-refractivity contribution < 1.29 is 9.53 Å². The van der Waals surface area contributed by atoms with Gasteiger partial charge < -0.3 is 4.74 Å². The summed E-state index contributed by atoms with van der Waals surface area (Å²) in [6, 6.07) is 0. The summed E-state index contributed by atoms with van der Waals surface area (Å²) in [6.45, 7) is 7.19. The molecule has 0 aromatic carbocycles. The molecule has 0 radical (unpaired) electrons. The van der Waals surface area contributed by atoms with Gasteiger partial charge in [-0.2, -0.15) is 12.6 Å². The second-order valence-electron chi connectivity index (χ2n) is 3.21. The van der Waals surface area contributed by atoms with E-state index in [1.54, 1.807) is 6.92 Å². The van der Waals surface area contributed by atoms with Crippen LogP contribution >= 0.6 is 12.6 Å². The topological polar surface area (TPSA) is 26.3 Å². The van der Waals surface area contributed by atoms with Gasteiger partial charge in [-0.3, -0.25) is 4.79 Å². The van der Waals surface area contributed by atoms with Crippen LogP contribution in [0.25, 0.3) is 0 Å². The van der Waals surface area contributed by atoms with Gasteiger partial charge in [0.25, 0.3) is 0 Å². The van der Waals surface area contributed by atoms with Gasteiger partial charge in [0.1, 0.15) is 5.60 Å². The molecule has 0 N–H and O–H groups in total. The van der Waals surface area contributed by atoms with E-state index in [1.807, 2.05) is 20.8 Å². The third-order valence-corrected chi connectivity index (χ3v) is 0.959. The zero-order valence-corrected chi connectivity index (χ0v) is 7.74. The average molecular weight is 162 g/mol. The predicted molar refractivity (Wildman–Crippen MR) is 44.3 cm³/mol. The SMILES string of the molecule is CC(S)C(=O)OC(C)(C)C. The molecule has 0 aromatic rings. The summed E-state index contributed by atoms with van der Waals surface area (Å²) < 4.78 is 4.98. The molecular weight excluding hydrogens is 148 g/mol. The molecule has 0 spiro atoms. The van der Waals surface area contributed by atoms with E-state index in [4.69, 9.17) is 4.74 Å². The Kier molecular flexibility index (Phi) is 3.22. The van der Waals surface area contributed by atoms with Crippen molar-refractivity contribution in [2.24, 2.45) is 0 Å². The number of thiol groups is 1. The third kappa shape index (κ3) is 4.68. The Labute approximate surface area is 67.4 Å². The van der Waals surface area contributed by atoms with Crippen LogP contribution in [0, 0.1) is 0 Å². The van der Waals surface area contributed by atoms with E-state index < -0.39 is 5.60 Å². The number of carbonyl (C=O) groups excluding carboxylic acids is 1. The van der Waals surface area contributed by atoms with Gasteiger partial charge in [-0.25, -0.2) is 0 Å². The van der Waals surface area contributed by atoms with E-state index >= 15 is 0 Å². The van der Waals surface area contributed by atoms with Crippen LogP contribution in [0.4, 0.5) is 0 Å². The molecule has 0 aromatic heterocycles. The molecule has 3 heteroatoms. The van der Waals surface area contributed by atoms with Crippen molar-refractivity contribution in [2.45, 2.75) is 38.5 Å². The van der Waals surface area contributed by atoms with Crippen molar-refractivity contribution in [3.8, 4) is 0 Å². The molecular formula is C7H14O2S. The summed E-state index contributed by atoms with van der Waals surface area (Å²) in [4.78, 5) is 10.9. The first-order valence-electron chi connectivity index (χ1n) is 3.24. The van der Waals surface area contributed by atoms with E-state index in [1.165, 1.54) is 0 Å². The Bertz CT molecular complexity index is 124. The van der Waals surface area contributed by atoms with Gasteiger partial charge in [0.2, 0.25) is 0 Å². The predicted octanol–water partition coefficient (Wildman–Crippen LogP) is 1.65. The second kappa shape index (κ2) is 3.28. The maximum atomic E-state index is 10.9. The van der Waals surface area contributed by atoms with Gasteiger partial charge >= 0.3 is 5.97 Å².